The van der Waals surface area contributed by atoms with Gasteiger partial charge in [0.25, 0.3) is 0 Å². The molecule has 0 aliphatic carbocycles. The fraction of sp³-hybridized carbons (Fsp3) is 1.00. The Morgan fingerprint density at radius 2 is 2.14 bits per heavy atom. The van der Waals surface area contributed by atoms with Crippen LogP contribution >= 0.6 is 0 Å². The van der Waals surface area contributed by atoms with Crippen LogP contribution in [0.1, 0.15) is 33.6 Å². The molecule has 0 amide bonds. The Balaban J connectivity index is 2.02. The molecule has 1 heterocycles. The van der Waals surface area contributed by atoms with Gasteiger partial charge < -0.3 is 10.6 Å². The van der Waals surface area contributed by atoms with Crippen LogP contribution in [0.5, 0.6) is 0 Å². The third-order valence-electron chi connectivity index (χ3n) is 3.44. The lowest BCUT2D eigenvalue weighted by Gasteiger charge is -2.24. The van der Waals surface area contributed by atoms with Crippen LogP contribution in [-0.2, 0) is 0 Å². The molecule has 1 saturated heterocycles. The Bertz CT molecular complexity index is 139. The Morgan fingerprint density at radius 3 is 2.71 bits per heavy atom. The molecule has 2 unspecified atom stereocenters. The van der Waals surface area contributed by atoms with Gasteiger partial charge in [-0.3, -0.25) is 0 Å². The highest BCUT2D eigenvalue weighted by Crippen LogP contribution is 2.10. The summed E-state index contributed by atoms with van der Waals surface area (Å²) in [6, 6.07) is 0. The van der Waals surface area contributed by atoms with E-state index >= 15 is 0 Å². The van der Waals surface area contributed by atoms with Crippen molar-refractivity contribution < 1.29 is 0 Å². The molecule has 0 spiro atoms. The van der Waals surface area contributed by atoms with Crippen LogP contribution in [0.2, 0.25) is 0 Å². The van der Waals surface area contributed by atoms with Crippen molar-refractivity contribution in [1.82, 2.24) is 10.6 Å². The highest BCUT2D eigenvalue weighted by molar-refractivity contribution is 4.71. The summed E-state index contributed by atoms with van der Waals surface area (Å²) in [5.41, 5.74) is 0. The molecule has 2 heteroatoms. The predicted octanol–water partition coefficient (Wildman–Crippen LogP) is 1.87. The molecule has 0 radical (unpaired) electrons. The van der Waals surface area contributed by atoms with Crippen LogP contribution in [0.25, 0.3) is 0 Å². The minimum absolute atomic E-state index is 0.798. The molecular formula is C12H26N2. The second kappa shape index (κ2) is 6.41. The summed E-state index contributed by atoms with van der Waals surface area (Å²) in [6.07, 6.45) is 2.75. The van der Waals surface area contributed by atoms with E-state index in [4.69, 9.17) is 0 Å². The van der Waals surface area contributed by atoms with Gasteiger partial charge in [-0.15, -0.1) is 0 Å². The first-order valence-corrected chi connectivity index (χ1v) is 6.11. The van der Waals surface area contributed by atoms with Gasteiger partial charge in [0.1, 0.15) is 0 Å². The number of nitrogens with one attached hydrogen (secondary N) is 2. The molecule has 2 nitrogen and oxygen atoms in total. The lowest BCUT2D eigenvalue weighted by molar-refractivity contribution is 0.332. The maximum atomic E-state index is 3.60. The zero-order valence-electron chi connectivity index (χ0n) is 9.97. The fourth-order valence-electron chi connectivity index (χ4n) is 1.85. The van der Waals surface area contributed by atoms with Gasteiger partial charge >= 0.3 is 0 Å². The van der Waals surface area contributed by atoms with Crippen molar-refractivity contribution >= 4 is 0 Å². The first-order chi connectivity index (χ1) is 6.70. The standard InChI is InChI=1S/C12H26N2/c1-10(2)11(3)7-14-9-12-5-4-6-13-8-12/h10-14H,4-9H2,1-3H3. The Hall–Kier alpha value is -0.0800. The number of hydrogen-bond acceptors (Lipinski definition) is 2. The first kappa shape index (κ1) is 12.0. The smallest absolute Gasteiger partial charge is 0.000826 e. The van der Waals surface area contributed by atoms with E-state index in [0.29, 0.717) is 0 Å². The van der Waals surface area contributed by atoms with Crippen molar-refractivity contribution in [2.24, 2.45) is 17.8 Å². The van der Waals surface area contributed by atoms with Gasteiger partial charge in [0.2, 0.25) is 0 Å². The van der Waals surface area contributed by atoms with Crippen LogP contribution < -0.4 is 10.6 Å². The molecule has 2 atom stereocenters. The maximum absolute atomic E-state index is 3.60. The van der Waals surface area contributed by atoms with Gasteiger partial charge in [0.05, 0.1) is 0 Å². The third kappa shape index (κ3) is 4.43. The molecule has 1 rings (SSSR count). The van der Waals surface area contributed by atoms with Crippen molar-refractivity contribution in [2.45, 2.75) is 33.6 Å². The van der Waals surface area contributed by atoms with Crippen molar-refractivity contribution in [3.63, 3.8) is 0 Å². The molecule has 1 fully saturated rings. The summed E-state index contributed by atoms with van der Waals surface area (Å²) in [5, 5.41) is 7.05. The van der Waals surface area contributed by atoms with E-state index < -0.39 is 0 Å². The van der Waals surface area contributed by atoms with Gasteiger partial charge in [-0.25, -0.2) is 0 Å². The molecule has 84 valence electrons. The number of rotatable bonds is 5. The van der Waals surface area contributed by atoms with E-state index in [1.807, 2.05) is 0 Å². The Labute approximate surface area is 88.8 Å². The molecule has 0 aromatic rings. The highest BCUT2D eigenvalue weighted by Gasteiger charge is 2.13. The second-order valence-corrected chi connectivity index (χ2v) is 5.09. The summed E-state index contributed by atoms with van der Waals surface area (Å²) < 4.78 is 0. The summed E-state index contributed by atoms with van der Waals surface area (Å²) >= 11 is 0. The zero-order valence-corrected chi connectivity index (χ0v) is 9.97. The molecule has 0 saturated carbocycles. The average molecular weight is 198 g/mol. The lowest BCUT2D eigenvalue weighted by Crippen LogP contribution is -2.37. The molecule has 1 aliphatic heterocycles. The quantitative estimate of drug-likeness (QED) is 0.705. The Kier molecular flexibility index (Phi) is 5.49. The lowest BCUT2D eigenvalue weighted by atomic mass is 9.96. The van der Waals surface area contributed by atoms with Crippen LogP contribution in [0.3, 0.4) is 0 Å². The van der Waals surface area contributed by atoms with Crippen molar-refractivity contribution in [3.05, 3.63) is 0 Å². The summed E-state index contributed by atoms with van der Waals surface area (Å²) in [4.78, 5) is 0. The predicted molar refractivity (Wildman–Crippen MR) is 62.5 cm³/mol. The number of piperidine rings is 1. The van der Waals surface area contributed by atoms with E-state index in [0.717, 1.165) is 17.8 Å². The number of hydrogen-bond donors (Lipinski definition) is 2. The van der Waals surface area contributed by atoms with Crippen molar-refractivity contribution in [1.29, 1.82) is 0 Å². The van der Waals surface area contributed by atoms with Crippen LogP contribution in [0.15, 0.2) is 0 Å². The normalized spacial score (nSPS) is 25.3. The highest BCUT2D eigenvalue weighted by atomic mass is 14.9. The molecule has 14 heavy (non-hydrogen) atoms. The second-order valence-electron chi connectivity index (χ2n) is 5.09. The van der Waals surface area contributed by atoms with E-state index in [-0.39, 0.29) is 0 Å². The minimum Gasteiger partial charge on any atom is -0.316 e. The monoisotopic (exact) mass is 198 g/mol. The van der Waals surface area contributed by atoms with Crippen LogP contribution in [0, 0.1) is 17.8 Å². The van der Waals surface area contributed by atoms with Gasteiger partial charge in [0, 0.05) is 0 Å². The van der Waals surface area contributed by atoms with Gasteiger partial charge in [-0.1, -0.05) is 20.8 Å². The first-order valence-electron chi connectivity index (χ1n) is 6.11. The molecule has 0 aromatic carbocycles. The zero-order chi connectivity index (χ0) is 10.4. The topological polar surface area (TPSA) is 24.1 Å². The molecular weight excluding hydrogens is 172 g/mol. The SMILES string of the molecule is CC(C)C(C)CNCC1CCCNC1. The molecule has 0 aromatic heterocycles. The fourth-order valence-corrected chi connectivity index (χ4v) is 1.85. The largest absolute Gasteiger partial charge is 0.316 e. The van der Waals surface area contributed by atoms with E-state index in [9.17, 15) is 0 Å². The van der Waals surface area contributed by atoms with E-state index in [1.54, 1.807) is 0 Å². The average Bonchev–Trinajstić information content (AvgIpc) is 2.19. The summed E-state index contributed by atoms with van der Waals surface area (Å²) in [5.74, 6) is 2.46. The minimum atomic E-state index is 0.798. The third-order valence-corrected chi connectivity index (χ3v) is 3.44. The molecule has 0 bridgehead atoms. The van der Waals surface area contributed by atoms with Gasteiger partial charge in [-0.05, 0) is 56.8 Å². The molecule has 2 N–H and O–H groups in total. The molecule has 1 aliphatic rings. The van der Waals surface area contributed by atoms with Crippen molar-refractivity contribution in [3.8, 4) is 0 Å². The maximum Gasteiger partial charge on any atom is -0.000826 e. The van der Waals surface area contributed by atoms with Crippen molar-refractivity contribution in [2.75, 3.05) is 26.2 Å². The Morgan fingerprint density at radius 1 is 1.36 bits per heavy atom. The van der Waals surface area contributed by atoms with Gasteiger partial charge in [0.15, 0.2) is 0 Å². The van der Waals surface area contributed by atoms with E-state index in [2.05, 4.69) is 31.4 Å². The summed E-state index contributed by atoms with van der Waals surface area (Å²) in [6.45, 7) is 11.7. The van der Waals surface area contributed by atoms with Gasteiger partial charge in [-0.2, -0.15) is 0 Å². The van der Waals surface area contributed by atoms with Crippen LogP contribution in [-0.4, -0.2) is 26.2 Å². The van der Waals surface area contributed by atoms with Crippen LogP contribution in [0.4, 0.5) is 0 Å². The summed E-state index contributed by atoms with van der Waals surface area (Å²) in [7, 11) is 0. The van der Waals surface area contributed by atoms with E-state index in [1.165, 1.54) is 39.0 Å².